The van der Waals surface area contributed by atoms with Crippen LogP contribution in [0.2, 0.25) is 0 Å². The summed E-state index contributed by atoms with van der Waals surface area (Å²) in [7, 11) is 0. The van der Waals surface area contributed by atoms with Crippen molar-refractivity contribution in [3.8, 4) is 0 Å². The van der Waals surface area contributed by atoms with E-state index < -0.39 is 0 Å². The van der Waals surface area contributed by atoms with Crippen molar-refractivity contribution >= 4 is 11.5 Å². The average Bonchev–Trinajstić information content (AvgIpc) is 2.58. The van der Waals surface area contributed by atoms with Crippen molar-refractivity contribution in [2.75, 3.05) is 0 Å². The quantitative estimate of drug-likeness (QED) is 0.636. The van der Waals surface area contributed by atoms with E-state index in [4.69, 9.17) is 0 Å². The fourth-order valence-corrected chi connectivity index (χ4v) is 2.31. The van der Waals surface area contributed by atoms with Crippen LogP contribution in [0.4, 0.5) is 0 Å². The molecular formula is C8H11NS. The van der Waals surface area contributed by atoms with Crippen molar-refractivity contribution in [1.29, 1.82) is 0 Å². The molecule has 1 aromatic rings. The molecule has 0 bridgehead atoms. The zero-order chi connectivity index (χ0) is 7.03. The number of aromatic nitrogens is 1. The molecule has 0 aromatic carbocycles. The van der Waals surface area contributed by atoms with Crippen molar-refractivity contribution in [2.24, 2.45) is 0 Å². The summed E-state index contributed by atoms with van der Waals surface area (Å²) in [6.07, 6.45) is 5.96. The fourth-order valence-electron chi connectivity index (χ4n) is 1.41. The summed E-state index contributed by atoms with van der Waals surface area (Å²) in [5.74, 6) is 0. The van der Waals surface area contributed by atoms with Crippen molar-refractivity contribution in [3.05, 3.63) is 17.1 Å². The van der Waals surface area contributed by atoms with Crippen molar-refractivity contribution < 1.29 is 0 Å². The van der Waals surface area contributed by atoms with E-state index >= 15 is 0 Å². The Morgan fingerprint density at radius 1 is 1.70 bits per heavy atom. The third kappa shape index (κ3) is 0.788. The van der Waals surface area contributed by atoms with Gasteiger partial charge in [0.05, 0.1) is 0 Å². The molecule has 1 nitrogen and oxygen atoms in total. The van der Waals surface area contributed by atoms with Crippen LogP contribution in [0.3, 0.4) is 0 Å². The molecule has 0 atom stereocenters. The van der Waals surface area contributed by atoms with E-state index in [0.29, 0.717) is 5.41 Å². The smallest absolute Gasteiger partial charge is 0.0409 e. The van der Waals surface area contributed by atoms with Gasteiger partial charge in [-0.25, -0.2) is 4.37 Å². The van der Waals surface area contributed by atoms with Crippen LogP contribution in [-0.4, -0.2) is 4.37 Å². The van der Waals surface area contributed by atoms with Gasteiger partial charge in [-0.2, -0.15) is 0 Å². The van der Waals surface area contributed by atoms with E-state index in [2.05, 4.69) is 17.4 Å². The third-order valence-electron chi connectivity index (χ3n) is 2.49. The zero-order valence-electron chi connectivity index (χ0n) is 6.13. The Bertz CT molecular complexity index is 211. The van der Waals surface area contributed by atoms with Gasteiger partial charge >= 0.3 is 0 Å². The van der Waals surface area contributed by atoms with E-state index in [1.165, 1.54) is 24.1 Å². The van der Waals surface area contributed by atoms with Gasteiger partial charge in [-0.1, -0.05) is 6.92 Å². The van der Waals surface area contributed by atoms with Crippen LogP contribution in [0.25, 0.3) is 0 Å². The highest BCUT2D eigenvalue weighted by atomic mass is 32.1. The lowest BCUT2D eigenvalue weighted by Crippen LogP contribution is -2.00. The van der Waals surface area contributed by atoms with E-state index in [-0.39, 0.29) is 0 Å². The molecule has 2 rings (SSSR count). The summed E-state index contributed by atoms with van der Waals surface area (Å²) >= 11 is 1.67. The van der Waals surface area contributed by atoms with Crippen LogP contribution in [0.15, 0.2) is 12.3 Å². The zero-order valence-corrected chi connectivity index (χ0v) is 6.95. The summed E-state index contributed by atoms with van der Waals surface area (Å²) in [6, 6.07) is 2.17. The number of hydrogen-bond donors (Lipinski definition) is 0. The van der Waals surface area contributed by atoms with Gasteiger partial charge in [0.1, 0.15) is 0 Å². The maximum atomic E-state index is 4.12. The molecule has 54 valence electrons. The van der Waals surface area contributed by atoms with E-state index in [0.717, 1.165) is 0 Å². The molecule has 0 aliphatic heterocycles. The first-order valence-electron chi connectivity index (χ1n) is 3.78. The minimum absolute atomic E-state index is 0.571. The highest BCUT2D eigenvalue weighted by Crippen LogP contribution is 2.51. The van der Waals surface area contributed by atoms with Crippen LogP contribution in [0, 0.1) is 0 Å². The van der Waals surface area contributed by atoms with E-state index in [1.54, 1.807) is 11.5 Å². The van der Waals surface area contributed by atoms with Gasteiger partial charge in [-0.15, -0.1) is 0 Å². The first-order valence-corrected chi connectivity index (χ1v) is 4.56. The lowest BCUT2D eigenvalue weighted by molar-refractivity contribution is 0.678. The summed E-state index contributed by atoms with van der Waals surface area (Å²) in [5.41, 5.74) is 0.571. The maximum Gasteiger partial charge on any atom is 0.0409 e. The Morgan fingerprint density at radius 2 is 2.50 bits per heavy atom. The first kappa shape index (κ1) is 6.35. The standard InChI is InChI=1S/C8H11NS/c1-2-8(4-5-8)7-3-6-9-10-7/h3,6H,2,4-5H2,1H3. The Kier molecular flexibility index (Phi) is 1.31. The second-order valence-electron chi connectivity index (χ2n) is 3.01. The highest BCUT2D eigenvalue weighted by molar-refractivity contribution is 7.05. The van der Waals surface area contributed by atoms with E-state index in [1.807, 2.05) is 6.20 Å². The molecule has 0 radical (unpaired) electrons. The number of rotatable bonds is 2. The molecule has 2 heteroatoms. The second kappa shape index (κ2) is 2.06. The van der Waals surface area contributed by atoms with Crippen LogP contribution < -0.4 is 0 Å². The Balaban J connectivity index is 2.27. The lowest BCUT2D eigenvalue weighted by atomic mass is 10.0. The predicted molar refractivity (Wildman–Crippen MR) is 43.3 cm³/mol. The summed E-state index contributed by atoms with van der Waals surface area (Å²) in [4.78, 5) is 1.50. The SMILES string of the molecule is CCC1(c2ccns2)CC1. The van der Waals surface area contributed by atoms with Gasteiger partial charge in [0.15, 0.2) is 0 Å². The monoisotopic (exact) mass is 153 g/mol. The van der Waals surface area contributed by atoms with Gasteiger partial charge in [0, 0.05) is 16.5 Å². The normalized spacial score (nSPS) is 20.9. The van der Waals surface area contributed by atoms with Gasteiger partial charge in [0.25, 0.3) is 0 Å². The molecule has 1 saturated carbocycles. The third-order valence-corrected chi connectivity index (χ3v) is 3.48. The average molecular weight is 153 g/mol. The second-order valence-corrected chi connectivity index (χ2v) is 3.84. The molecule has 0 spiro atoms. The minimum Gasteiger partial charge on any atom is -0.201 e. The molecule has 0 saturated heterocycles. The molecule has 1 aliphatic rings. The summed E-state index contributed by atoms with van der Waals surface area (Å²) in [6.45, 7) is 2.27. The first-order chi connectivity index (χ1) is 4.87. The molecule has 1 heterocycles. The largest absolute Gasteiger partial charge is 0.201 e. The van der Waals surface area contributed by atoms with Crippen LogP contribution in [0.1, 0.15) is 31.1 Å². The van der Waals surface area contributed by atoms with Gasteiger partial charge in [0.2, 0.25) is 0 Å². The Labute approximate surface area is 65.3 Å². The lowest BCUT2D eigenvalue weighted by Gasteiger charge is -2.06. The Morgan fingerprint density at radius 3 is 2.90 bits per heavy atom. The van der Waals surface area contributed by atoms with Crippen LogP contribution in [-0.2, 0) is 5.41 Å². The molecular weight excluding hydrogens is 142 g/mol. The maximum absolute atomic E-state index is 4.12. The molecule has 10 heavy (non-hydrogen) atoms. The minimum atomic E-state index is 0.571. The summed E-state index contributed by atoms with van der Waals surface area (Å²) in [5, 5.41) is 0. The van der Waals surface area contributed by atoms with Gasteiger partial charge in [-0.3, -0.25) is 0 Å². The topological polar surface area (TPSA) is 12.9 Å². The predicted octanol–water partition coefficient (Wildman–Crippen LogP) is 2.58. The number of nitrogens with zero attached hydrogens (tertiary/aromatic N) is 1. The van der Waals surface area contributed by atoms with Crippen LogP contribution >= 0.6 is 11.5 Å². The van der Waals surface area contributed by atoms with Gasteiger partial charge < -0.3 is 0 Å². The van der Waals surface area contributed by atoms with Crippen molar-refractivity contribution in [3.63, 3.8) is 0 Å². The van der Waals surface area contributed by atoms with Crippen LogP contribution in [0.5, 0.6) is 0 Å². The van der Waals surface area contributed by atoms with Crippen molar-refractivity contribution in [1.82, 2.24) is 4.37 Å². The Hall–Kier alpha value is -0.370. The van der Waals surface area contributed by atoms with Crippen molar-refractivity contribution in [2.45, 2.75) is 31.6 Å². The molecule has 1 aliphatic carbocycles. The molecule has 1 aromatic heterocycles. The number of hydrogen-bond acceptors (Lipinski definition) is 2. The highest BCUT2D eigenvalue weighted by Gasteiger charge is 2.43. The fraction of sp³-hybridized carbons (Fsp3) is 0.625. The van der Waals surface area contributed by atoms with E-state index in [9.17, 15) is 0 Å². The molecule has 0 unspecified atom stereocenters. The molecule has 0 amide bonds. The molecule has 1 fully saturated rings. The summed E-state index contributed by atoms with van der Waals surface area (Å²) < 4.78 is 4.12. The molecule has 0 N–H and O–H groups in total. The van der Waals surface area contributed by atoms with Gasteiger partial charge in [-0.05, 0) is 36.9 Å².